The molecule has 0 aromatic heterocycles. The van der Waals surface area contributed by atoms with Crippen LogP contribution in [0.1, 0.15) is 10.4 Å². The van der Waals surface area contributed by atoms with Gasteiger partial charge in [0.15, 0.2) is 0 Å². The zero-order chi connectivity index (χ0) is 14.0. The lowest BCUT2D eigenvalue weighted by Gasteiger charge is -2.08. The van der Waals surface area contributed by atoms with Crippen molar-refractivity contribution in [2.75, 3.05) is 5.32 Å². The standard InChI is InChI=1S/C13H7BBrF2NO/c14-7-1-4-12(11(17)5-7)18-13(19)9-3-2-8(15)6-10(9)16/h1-6H,(H,18,19). The Morgan fingerprint density at radius 1 is 1.11 bits per heavy atom. The third-order valence-corrected chi connectivity index (χ3v) is 2.91. The van der Waals surface area contributed by atoms with Gasteiger partial charge in [-0.3, -0.25) is 4.79 Å². The number of amides is 1. The molecule has 2 nitrogen and oxygen atoms in total. The van der Waals surface area contributed by atoms with Crippen LogP contribution in [0, 0.1) is 11.6 Å². The van der Waals surface area contributed by atoms with Crippen molar-refractivity contribution in [3.05, 3.63) is 58.1 Å². The molecular weight excluding hydrogens is 315 g/mol. The number of carbonyl (C=O) groups excluding carboxylic acids is 1. The third-order valence-electron chi connectivity index (χ3n) is 2.42. The predicted octanol–water partition coefficient (Wildman–Crippen LogP) is 2.77. The van der Waals surface area contributed by atoms with E-state index in [9.17, 15) is 13.6 Å². The van der Waals surface area contributed by atoms with E-state index in [0.717, 1.165) is 12.1 Å². The van der Waals surface area contributed by atoms with E-state index in [1.807, 2.05) is 0 Å². The molecule has 0 saturated heterocycles. The van der Waals surface area contributed by atoms with Gasteiger partial charge < -0.3 is 5.32 Å². The molecule has 0 aliphatic heterocycles. The van der Waals surface area contributed by atoms with Crippen LogP contribution in [0.2, 0.25) is 0 Å². The molecule has 19 heavy (non-hydrogen) atoms. The van der Waals surface area contributed by atoms with Gasteiger partial charge in [0, 0.05) is 4.47 Å². The number of rotatable bonds is 2. The van der Waals surface area contributed by atoms with E-state index < -0.39 is 17.5 Å². The van der Waals surface area contributed by atoms with Crippen molar-refractivity contribution < 1.29 is 13.6 Å². The fourth-order valence-electron chi connectivity index (χ4n) is 1.50. The van der Waals surface area contributed by atoms with Gasteiger partial charge in [0.05, 0.1) is 11.3 Å². The summed E-state index contributed by atoms with van der Waals surface area (Å²) in [6.07, 6.45) is 0. The molecule has 0 atom stereocenters. The topological polar surface area (TPSA) is 29.1 Å². The number of nitrogens with one attached hydrogen (secondary N) is 1. The van der Waals surface area contributed by atoms with Crippen molar-refractivity contribution in [2.45, 2.75) is 0 Å². The molecule has 0 spiro atoms. The highest BCUT2D eigenvalue weighted by Crippen LogP contribution is 2.18. The predicted molar refractivity (Wildman–Crippen MR) is 73.8 cm³/mol. The minimum Gasteiger partial charge on any atom is -0.319 e. The molecule has 2 aromatic carbocycles. The average molecular weight is 322 g/mol. The van der Waals surface area contributed by atoms with Crippen molar-refractivity contribution in [3.63, 3.8) is 0 Å². The molecule has 1 N–H and O–H groups in total. The number of halogens is 3. The quantitative estimate of drug-likeness (QED) is 0.847. The van der Waals surface area contributed by atoms with Crippen molar-refractivity contribution in [1.29, 1.82) is 0 Å². The lowest BCUT2D eigenvalue weighted by Crippen LogP contribution is -2.16. The van der Waals surface area contributed by atoms with E-state index in [-0.39, 0.29) is 16.7 Å². The van der Waals surface area contributed by atoms with Gasteiger partial charge in [-0.1, -0.05) is 27.5 Å². The Kier molecular flexibility index (Phi) is 4.00. The lowest BCUT2D eigenvalue weighted by atomic mass is 9.96. The average Bonchev–Trinajstić information content (AvgIpc) is 2.32. The zero-order valence-electron chi connectivity index (χ0n) is 9.58. The van der Waals surface area contributed by atoms with Crippen molar-refractivity contribution >= 4 is 40.8 Å². The maximum atomic E-state index is 13.6. The lowest BCUT2D eigenvalue weighted by molar-refractivity contribution is 0.102. The molecule has 0 fully saturated rings. The van der Waals surface area contributed by atoms with Gasteiger partial charge in [0.1, 0.15) is 19.5 Å². The monoisotopic (exact) mass is 321 g/mol. The van der Waals surface area contributed by atoms with Crippen LogP contribution < -0.4 is 10.8 Å². The Labute approximate surface area is 118 Å². The van der Waals surface area contributed by atoms with Crippen molar-refractivity contribution in [2.24, 2.45) is 0 Å². The molecular formula is C13H7BBrF2NO. The summed E-state index contributed by atoms with van der Waals surface area (Å²) in [5.41, 5.74) is 0.0197. The molecule has 0 saturated carbocycles. The molecule has 2 radical (unpaired) electrons. The second kappa shape index (κ2) is 5.53. The van der Waals surface area contributed by atoms with Crippen LogP contribution in [0.3, 0.4) is 0 Å². The van der Waals surface area contributed by atoms with Gasteiger partial charge in [-0.05, 0) is 30.3 Å². The Bertz CT molecular complexity index is 649. The van der Waals surface area contributed by atoms with E-state index in [1.165, 1.54) is 24.3 Å². The van der Waals surface area contributed by atoms with Crippen LogP contribution in [0.25, 0.3) is 0 Å². The van der Waals surface area contributed by atoms with Gasteiger partial charge in [0.25, 0.3) is 5.91 Å². The fraction of sp³-hybridized carbons (Fsp3) is 0. The van der Waals surface area contributed by atoms with Gasteiger partial charge in [-0.2, -0.15) is 0 Å². The van der Waals surface area contributed by atoms with E-state index in [1.54, 1.807) is 0 Å². The van der Waals surface area contributed by atoms with Crippen LogP contribution >= 0.6 is 15.9 Å². The van der Waals surface area contributed by atoms with Crippen LogP contribution in [0.15, 0.2) is 40.9 Å². The highest BCUT2D eigenvalue weighted by Gasteiger charge is 2.13. The first kappa shape index (κ1) is 13.7. The summed E-state index contributed by atoms with van der Waals surface area (Å²) < 4.78 is 27.6. The van der Waals surface area contributed by atoms with Gasteiger partial charge in [-0.25, -0.2) is 8.78 Å². The third kappa shape index (κ3) is 3.20. The second-order valence-corrected chi connectivity index (χ2v) is 4.73. The summed E-state index contributed by atoms with van der Waals surface area (Å²) in [5.74, 6) is -2.10. The largest absolute Gasteiger partial charge is 0.319 e. The number of hydrogen-bond donors (Lipinski definition) is 1. The molecule has 94 valence electrons. The van der Waals surface area contributed by atoms with E-state index in [0.29, 0.717) is 4.47 Å². The minimum absolute atomic E-state index is 0.0541. The minimum atomic E-state index is -0.728. The second-order valence-electron chi connectivity index (χ2n) is 3.82. The van der Waals surface area contributed by atoms with Gasteiger partial charge in [0.2, 0.25) is 0 Å². The zero-order valence-corrected chi connectivity index (χ0v) is 11.2. The number of anilines is 1. The Morgan fingerprint density at radius 2 is 1.84 bits per heavy atom. The summed E-state index contributed by atoms with van der Waals surface area (Å²) in [5, 5.41) is 2.29. The smallest absolute Gasteiger partial charge is 0.258 e. The van der Waals surface area contributed by atoms with Gasteiger partial charge >= 0.3 is 0 Å². The van der Waals surface area contributed by atoms with Crippen LogP contribution in [0.4, 0.5) is 14.5 Å². The molecule has 0 bridgehead atoms. The van der Waals surface area contributed by atoms with E-state index in [4.69, 9.17) is 7.85 Å². The molecule has 2 rings (SSSR count). The highest BCUT2D eigenvalue weighted by atomic mass is 79.9. The Balaban J connectivity index is 2.25. The van der Waals surface area contributed by atoms with E-state index >= 15 is 0 Å². The summed E-state index contributed by atoms with van der Waals surface area (Å²) in [6, 6.07) is 7.83. The van der Waals surface area contributed by atoms with Crippen LogP contribution in [-0.2, 0) is 0 Å². The van der Waals surface area contributed by atoms with Crippen molar-refractivity contribution in [3.8, 4) is 0 Å². The summed E-state index contributed by atoms with van der Waals surface area (Å²) in [4.78, 5) is 11.8. The molecule has 6 heteroatoms. The highest BCUT2D eigenvalue weighted by molar-refractivity contribution is 9.10. The number of carbonyl (C=O) groups is 1. The van der Waals surface area contributed by atoms with Crippen LogP contribution in [-0.4, -0.2) is 13.8 Å². The van der Waals surface area contributed by atoms with E-state index in [2.05, 4.69) is 21.2 Å². The normalized spacial score (nSPS) is 10.3. The molecule has 0 unspecified atom stereocenters. The number of hydrogen-bond acceptors (Lipinski definition) is 1. The summed E-state index contributed by atoms with van der Waals surface area (Å²) in [7, 11) is 5.39. The maximum absolute atomic E-state index is 13.6. The molecule has 0 aliphatic carbocycles. The first-order valence-corrected chi connectivity index (χ1v) is 6.08. The maximum Gasteiger partial charge on any atom is 0.258 e. The SMILES string of the molecule is [B]c1ccc(NC(=O)c2ccc(Br)cc2F)c(F)c1. The molecule has 1 amide bonds. The number of benzene rings is 2. The molecule has 0 aliphatic rings. The van der Waals surface area contributed by atoms with Crippen LogP contribution in [0.5, 0.6) is 0 Å². The fourth-order valence-corrected chi connectivity index (χ4v) is 1.83. The van der Waals surface area contributed by atoms with Gasteiger partial charge in [-0.15, -0.1) is 0 Å². The Morgan fingerprint density at radius 3 is 2.47 bits per heavy atom. The first-order chi connectivity index (χ1) is 8.97. The summed E-state index contributed by atoms with van der Waals surface area (Å²) >= 11 is 3.09. The molecule has 0 heterocycles. The van der Waals surface area contributed by atoms with Crippen molar-refractivity contribution in [1.82, 2.24) is 0 Å². The Hall–Kier alpha value is -1.69. The first-order valence-electron chi connectivity index (χ1n) is 5.29. The summed E-state index contributed by atoms with van der Waals surface area (Å²) in [6.45, 7) is 0. The molecule has 2 aromatic rings.